The standard InChI is InChI=1S/C26H22ClN3O4/c27-21-7-3-1-5-17(21)19(20-12-28-22-8-4-2-6-18(20)22)13-29-25(31)14-30-26(32)16-9-10-23-24(11-16)34-15-33-23/h1-12,19,28H,13-15H2,(H,29,31)(H,30,32)/t19-/m0/s1. The summed E-state index contributed by atoms with van der Waals surface area (Å²) in [5, 5.41) is 7.28. The lowest BCUT2D eigenvalue weighted by Gasteiger charge is -2.19. The molecule has 1 aromatic heterocycles. The van der Waals surface area contributed by atoms with Crippen LogP contribution in [0.5, 0.6) is 11.5 Å². The molecule has 1 atom stereocenters. The number of halogens is 1. The lowest BCUT2D eigenvalue weighted by atomic mass is 9.90. The highest BCUT2D eigenvalue weighted by atomic mass is 35.5. The van der Waals surface area contributed by atoms with Crippen LogP contribution in [0, 0.1) is 0 Å². The molecule has 0 spiro atoms. The fraction of sp³-hybridized carbons (Fsp3) is 0.154. The van der Waals surface area contributed by atoms with Crippen molar-refractivity contribution in [2.75, 3.05) is 19.9 Å². The van der Waals surface area contributed by atoms with Gasteiger partial charge < -0.3 is 25.1 Å². The van der Waals surface area contributed by atoms with E-state index in [-0.39, 0.29) is 31.1 Å². The van der Waals surface area contributed by atoms with Crippen molar-refractivity contribution < 1.29 is 19.1 Å². The van der Waals surface area contributed by atoms with Gasteiger partial charge in [0.1, 0.15) is 0 Å². The third-order valence-corrected chi connectivity index (χ3v) is 6.17. The zero-order chi connectivity index (χ0) is 23.5. The summed E-state index contributed by atoms with van der Waals surface area (Å²) in [6.07, 6.45) is 1.95. The van der Waals surface area contributed by atoms with Crippen LogP contribution in [0.15, 0.2) is 72.9 Å². The van der Waals surface area contributed by atoms with Crippen LogP contribution in [-0.2, 0) is 4.79 Å². The summed E-state index contributed by atoms with van der Waals surface area (Å²) < 4.78 is 10.6. The highest BCUT2D eigenvalue weighted by Crippen LogP contribution is 2.34. The van der Waals surface area contributed by atoms with Gasteiger partial charge in [0.15, 0.2) is 11.5 Å². The number of amides is 2. The molecule has 34 heavy (non-hydrogen) atoms. The number of hydrogen-bond donors (Lipinski definition) is 3. The molecule has 2 heterocycles. The summed E-state index contributed by atoms with van der Waals surface area (Å²) in [7, 11) is 0. The van der Waals surface area contributed by atoms with Crippen molar-refractivity contribution in [1.82, 2.24) is 15.6 Å². The molecule has 3 N–H and O–H groups in total. The lowest BCUT2D eigenvalue weighted by molar-refractivity contribution is -0.120. The smallest absolute Gasteiger partial charge is 0.251 e. The third kappa shape index (κ3) is 4.43. The van der Waals surface area contributed by atoms with E-state index in [2.05, 4.69) is 15.6 Å². The molecule has 172 valence electrons. The molecule has 0 bridgehead atoms. The van der Waals surface area contributed by atoms with E-state index in [1.54, 1.807) is 18.2 Å². The Labute approximate surface area is 201 Å². The maximum absolute atomic E-state index is 12.6. The summed E-state index contributed by atoms with van der Waals surface area (Å²) >= 11 is 6.51. The molecule has 2 amide bonds. The summed E-state index contributed by atoms with van der Waals surface area (Å²) in [4.78, 5) is 28.4. The molecule has 1 aliphatic rings. The van der Waals surface area contributed by atoms with E-state index in [0.717, 1.165) is 22.0 Å². The van der Waals surface area contributed by atoms with Gasteiger partial charge in [-0.3, -0.25) is 9.59 Å². The second kappa shape index (κ2) is 9.49. The number of nitrogens with one attached hydrogen (secondary N) is 3. The number of carbonyl (C=O) groups is 2. The molecule has 7 nitrogen and oxygen atoms in total. The van der Waals surface area contributed by atoms with E-state index in [1.165, 1.54) is 0 Å². The monoisotopic (exact) mass is 475 g/mol. The van der Waals surface area contributed by atoms with Crippen molar-refractivity contribution >= 4 is 34.3 Å². The number of carbonyl (C=O) groups excluding carboxylic acids is 2. The van der Waals surface area contributed by atoms with Crippen molar-refractivity contribution in [3.8, 4) is 11.5 Å². The van der Waals surface area contributed by atoms with Crippen LogP contribution in [0.4, 0.5) is 0 Å². The van der Waals surface area contributed by atoms with Crippen LogP contribution in [-0.4, -0.2) is 36.7 Å². The Morgan fingerprint density at radius 1 is 0.941 bits per heavy atom. The summed E-state index contributed by atoms with van der Waals surface area (Å²) in [6, 6.07) is 20.5. The Morgan fingerprint density at radius 2 is 1.74 bits per heavy atom. The maximum atomic E-state index is 12.6. The molecular weight excluding hydrogens is 454 g/mol. The molecule has 5 rings (SSSR count). The summed E-state index contributed by atoms with van der Waals surface area (Å²) in [6.45, 7) is 0.298. The number of rotatable bonds is 7. The Balaban J connectivity index is 1.27. The Morgan fingerprint density at radius 3 is 2.62 bits per heavy atom. The van der Waals surface area contributed by atoms with Crippen molar-refractivity contribution in [3.05, 3.63) is 94.6 Å². The minimum atomic E-state index is -0.368. The average molecular weight is 476 g/mol. The first-order chi connectivity index (χ1) is 16.6. The minimum Gasteiger partial charge on any atom is -0.454 e. The van der Waals surface area contributed by atoms with Gasteiger partial charge >= 0.3 is 0 Å². The number of fused-ring (bicyclic) bond motifs is 2. The number of ether oxygens (including phenoxy) is 2. The van der Waals surface area contributed by atoms with E-state index in [4.69, 9.17) is 21.1 Å². The molecule has 0 fully saturated rings. The van der Waals surface area contributed by atoms with Gasteiger partial charge in [0, 0.05) is 40.1 Å². The molecule has 1 aliphatic heterocycles. The second-order valence-electron chi connectivity index (χ2n) is 7.92. The molecule has 0 aliphatic carbocycles. The van der Waals surface area contributed by atoms with Crippen molar-refractivity contribution in [2.24, 2.45) is 0 Å². The van der Waals surface area contributed by atoms with Gasteiger partial charge in [-0.15, -0.1) is 0 Å². The molecule has 0 unspecified atom stereocenters. The number of aromatic nitrogens is 1. The molecule has 0 saturated heterocycles. The van der Waals surface area contributed by atoms with Crippen LogP contribution in [0.25, 0.3) is 10.9 Å². The molecule has 4 aromatic rings. The zero-order valence-corrected chi connectivity index (χ0v) is 18.9. The zero-order valence-electron chi connectivity index (χ0n) is 18.1. The van der Waals surface area contributed by atoms with E-state index in [9.17, 15) is 9.59 Å². The van der Waals surface area contributed by atoms with E-state index < -0.39 is 0 Å². The number of para-hydroxylation sites is 1. The Hall–Kier alpha value is -3.97. The highest BCUT2D eigenvalue weighted by molar-refractivity contribution is 6.31. The molecule has 0 saturated carbocycles. The molecule has 3 aromatic carbocycles. The van der Waals surface area contributed by atoms with Gasteiger partial charge in [-0.25, -0.2) is 0 Å². The van der Waals surface area contributed by atoms with Crippen LogP contribution >= 0.6 is 11.6 Å². The van der Waals surface area contributed by atoms with E-state index in [1.807, 2.05) is 54.7 Å². The number of hydrogen-bond acceptors (Lipinski definition) is 4. The number of H-pyrrole nitrogens is 1. The Bertz CT molecular complexity index is 1370. The summed E-state index contributed by atoms with van der Waals surface area (Å²) in [5.41, 5.74) is 3.36. The average Bonchev–Trinajstić information content (AvgIpc) is 3.50. The number of aromatic amines is 1. The van der Waals surface area contributed by atoms with Crippen LogP contribution < -0.4 is 20.1 Å². The van der Waals surface area contributed by atoms with Crippen LogP contribution in [0.1, 0.15) is 27.4 Å². The third-order valence-electron chi connectivity index (χ3n) is 5.82. The fourth-order valence-electron chi connectivity index (χ4n) is 4.11. The van der Waals surface area contributed by atoms with Gasteiger partial charge in [-0.1, -0.05) is 48.0 Å². The topological polar surface area (TPSA) is 92.5 Å². The highest BCUT2D eigenvalue weighted by Gasteiger charge is 2.22. The largest absolute Gasteiger partial charge is 0.454 e. The first-order valence-corrected chi connectivity index (χ1v) is 11.2. The van der Waals surface area contributed by atoms with Crippen molar-refractivity contribution in [2.45, 2.75) is 5.92 Å². The lowest BCUT2D eigenvalue weighted by Crippen LogP contribution is -2.38. The minimum absolute atomic E-state index is 0.131. The van der Waals surface area contributed by atoms with E-state index >= 15 is 0 Å². The van der Waals surface area contributed by atoms with Gasteiger partial charge in [0.25, 0.3) is 5.91 Å². The summed E-state index contributed by atoms with van der Waals surface area (Å²) in [5.74, 6) is 0.271. The second-order valence-corrected chi connectivity index (χ2v) is 8.33. The number of benzene rings is 3. The van der Waals surface area contributed by atoms with E-state index in [0.29, 0.717) is 28.6 Å². The van der Waals surface area contributed by atoms with Crippen LogP contribution in [0.2, 0.25) is 5.02 Å². The first-order valence-electron chi connectivity index (χ1n) is 10.8. The molecular formula is C26H22ClN3O4. The van der Waals surface area contributed by atoms with Crippen molar-refractivity contribution in [1.29, 1.82) is 0 Å². The first kappa shape index (κ1) is 21.9. The fourth-order valence-corrected chi connectivity index (χ4v) is 4.37. The maximum Gasteiger partial charge on any atom is 0.251 e. The van der Waals surface area contributed by atoms with Gasteiger partial charge in [-0.05, 0) is 41.5 Å². The normalized spacial score (nSPS) is 13.0. The van der Waals surface area contributed by atoms with Crippen LogP contribution in [0.3, 0.4) is 0 Å². The van der Waals surface area contributed by atoms with Gasteiger partial charge in [0.2, 0.25) is 12.7 Å². The predicted molar refractivity (Wildman–Crippen MR) is 130 cm³/mol. The molecule has 0 radical (unpaired) electrons. The van der Waals surface area contributed by atoms with Gasteiger partial charge in [0.05, 0.1) is 6.54 Å². The predicted octanol–water partition coefficient (Wildman–Crippen LogP) is 4.23. The SMILES string of the molecule is O=C(CNC(=O)c1ccc2c(c1)OCO2)NC[C@@H](c1ccccc1Cl)c1c[nH]c2ccccc12. The quantitative estimate of drug-likeness (QED) is 0.373. The Kier molecular flexibility index (Phi) is 6.10. The molecule has 8 heteroatoms. The van der Waals surface area contributed by atoms with Gasteiger partial charge in [-0.2, -0.15) is 0 Å². The van der Waals surface area contributed by atoms with Crippen molar-refractivity contribution in [3.63, 3.8) is 0 Å².